The van der Waals surface area contributed by atoms with E-state index < -0.39 is 9.84 Å². The standard InChI is InChI=1S/C15H24N2O2S/c1-12(16-11-14-5-4-10-17(14)2)13-6-8-15(9-7-13)20(3,18)19/h6-9,12,14,16H,4-5,10-11H2,1-3H3. The Balaban J connectivity index is 1.94. The first kappa shape index (κ1) is 15.5. The van der Waals surface area contributed by atoms with Gasteiger partial charge in [0.15, 0.2) is 9.84 Å². The van der Waals surface area contributed by atoms with Crippen LogP contribution in [0.5, 0.6) is 0 Å². The second-order valence-corrected chi connectivity index (χ2v) is 7.76. The van der Waals surface area contributed by atoms with Crippen molar-refractivity contribution in [2.75, 3.05) is 26.4 Å². The van der Waals surface area contributed by atoms with Gasteiger partial charge in [0.25, 0.3) is 0 Å². The molecule has 2 atom stereocenters. The normalized spacial score (nSPS) is 22.1. The first-order valence-corrected chi connectivity index (χ1v) is 9.00. The highest BCUT2D eigenvalue weighted by atomic mass is 32.2. The van der Waals surface area contributed by atoms with Gasteiger partial charge in [-0.1, -0.05) is 12.1 Å². The molecule has 2 rings (SSSR count). The Morgan fingerprint density at radius 3 is 2.50 bits per heavy atom. The quantitative estimate of drug-likeness (QED) is 0.901. The van der Waals surface area contributed by atoms with E-state index in [1.54, 1.807) is 12.1 Å². The van der Waals surface area contributed by atoms with E-state index in [1.807, 2.05) is 12.1 Å². The molecule has 5 heteroatoms. The molecule has 0 aromatic heterocycles. The van der Waals surface area contributed by atoms with Crippen molar-refractivity contribution in [3.05, 3.63) is 29.8 Å². The molecule has 0 bridgehead atoms. The van der Waals surface area contributed by atoms with Gasteiger partial charge in [0.1, 0.15) is 0 Å². The molecule has 112 valence electrons. The second-order valence-electron chi connectivity index (χ2n) is 5.75. The minimum absolute atomic E-state index is 0.234. The number of hydrogen-bond donors (Lipinski definition) is 1. The Morgan fingerprint density at radius 1 is 1.35 bits per heavy atom. The van der Waals surface area contributed by atoms with Gasteiger partial charge in [-0.2, -0.15) is 0 Å². The maximum absolute atomic E-state index is 11.4. The van der Waals surface area contributed by atoms with Crippen LogP contribution in [0.4, 0.5) is 0 Å². The summed E-state index contributed by atoms with van der Waals surface area (Å²) in [6, 6.07) is 8.01. The number of nitrogens with zero attached hydrogens (tertiary/aromatic N) is 1. The van der Waals surface area contributed by atoms with Crippen molar-refractivity contribution in [3.8, 4) is 0 Å². The highest BCUT2D eigenvalue weighted by Crippen LogP contribution is 2.18. The van der Waals surface area contributed by atoms with Crippen LogP contribution in [0.1, 0.15) is 31.4 Å². The number of likely N-dealkylation sites (N-methyl/N-ethyl adjacent to an activating group) is 1. The Labute approximate surface area is 122 Å². The number of benzene rings is 1. The van der Waals surface area contributed by atoms with Crippen LogP contribution >= 0.6 is 0 Å². The molecule has 1 fully saturated rings. The van der Waals surface area contributed by atoms with Crippen LogP contribution in [0.25, 0.3) is 0 Å². The fourth-order valence-corrected chi connectivity index (χ4v) is 3.30. The third kappa shape index (κ3) is 3.81. The molecule has 2 unspecified atom stereocenters. The lowest BCUT2D eigenvalue weighted by molar-refractivity contribution is 0.293. The molecule has 0 amide bonds. The lowest BCUT2D eigenvalue weighted by atomic mass is 10.1. The van der Waals surface area contributed by atoms with E-state index in [4.69, 9.17) is 0 Å². The molecule has 0 saturated carbocycles. The van der Waals surface area contributed by atoms with E-state index in [2.05, 4.69) is 24.2 Å². The second kappa shape index (κ2) is 6.24. The van der Waals surface area contributed by atoms with Crippen molar-refractivity contribution in [2.24, 2.45) is 0 Å². The summed E-state index contributed by atoms with van der Waals surface area (Å²) in [5, 5.41) is 3.54. The summed E-state index contributed by atoms with van der Waals surface area (Å²) in [7, 11) is -0.933. The first-order chi connectivity index (χ1) is 9.38. The number of nitrogens with one attached hydrogen (secondary N) is 1. The summed E-state index contributed by atoms with van der Waals surface area (Å²) in [6.45, 7) is 4.28. The van der Waals surface area contributed by atoms with Crippen LogP contribution in [-0.4, -0.2) is 45.8 Å². The zero-order chi connectivity index (χ0) is 14.8. The average molecular weight is 296 g/mol. The predicted octanol–water partition coefficient (Wildman–Crippen LogP) is 1.83. The Hall–Kier alpha value is -0.910. The molecule has 1 saturated heterocycles. The topological polar surface area (TPSA) is 49.4 Å². The van der Waals surface area contributed by atoms with Gasteiger partial charge in [-0.05, 0) is 51.1 Å². The smallest absolute Gasteiger partial charge is 0.175 e. The van der Waals surface area contributed by atoms with Gasteiger partial charge in [0.05, 0.1) is 4.90 Å². The van der Waals surface area contributed by atoms with Crippen molar-refractivity contribution in [1.29, 1.82) is 0 Å². The fraction of sp³-hybridized carbons (Fsp3) is 0.600. The Bertz CT molecular complexity index is 539. The van der Waals surface area contributed by atoms with E-state index in [0.29, 0.717) is 10.9 Å². The molecule has 0 spiro atoms. The molecule has 4 nitrogen and oxygen atoms in total. The van der Waals surface area contributed by atoms with Crippen molar-refractivity contribution in [3.63, 3.8) is 0 Å². The molecule has 1 heterocycles. The number of sulfone groups is 1. The summed E-state index contributed by atoms with van der Waals surface area (Å²) in [5.74, 6) is 0. The van der Waals surface area contributed by atoms with Crippen LogP contribution in [-0.2, 0) is 9.84 Å². The average Bonchev–Trinajstić information content (AvgIpc) is 2.81. The highest BCUT2D eigenvalue weighted by Gasteiger charge is 2.21. The minimum atomic E-state index is -3.11. The highest BCUT2D eigenvalue weighted by molar-refractivity contribution is 7.90. The van der Waals surface area contributed by atoms with Crippen molar-refractivity contribution in [1.82, 2.24) is 10.2 Å². The van der Waals surface area contributed by atoms with Gasteiger partial charge in [-0.15, -0.1) is 0 Å². The van der Waals surface area contributed by atoms with Crippen LogP contribution < -0.4 is 5.32 Å². The van der Waals surface area contributed by atoms with E-state index >= 15 is 0 Å². The van der Waals surface area contributed by atoms with Gasteiger partial charge in [-0.3, -0.25) is 0 Å². The molecule has 0 aliphatic carbocycles. The fourth-order valence-electron chi connectivity index (χ4n) is 2.67. The maximum Gasteiger partial charge on any atom is 0.175 e. The maximum atomic E-state index is 11.4. The third-order valence-electron chi connectivity index (χ3n) is 4.14. The largest absolute Gasteiger partial charge is 0.309 e. The number of hydrogen-bond acceptors (Lipinski definition) is 4. The van der Waals surface area contributed by atoms with Crippen LogP contribution in [0.3, 0.4) is 0 Å². The van der Waals surface area contributed by atoms with Gasteiger partial charge in [-0.25, -0.2) is 8.42 Å². The molecular weight excluding hydrogens is 272 g/mol. The van der Waals surface area contributed by atoms with E-state index in [1.165, 1.54) is 25.6 Å². The van der Waals surface area contributed by atoms with Crippen LogP contribution in [0, 0.1) is 0 Å². The van der Waals surface area contributed by atoms with Crippen molar-refractivity contribution >= 4 is 9.84 Å². The SMILES string of the molecule is CC(NCC1CCCN1C)c1ccc(S(C)(=O)=O)cc1. The lowest BCUT2D eigenvalue weighted by Crippen LogP contribution is -2.36. The van der Waals surface area contributed by atoms with Gasteiger partial charge >= 0.3 is 0 Å². The van der Waals surface area contributed by atoms with Crippen molar-refractivity contribution in [2.45, 2.75) is 36.7 Å². The molecule has 20 heavy (non-hydrogen) atoms. The van der Waals surface area contributed by atoms with Gasteiger partial charge in [0, 0.05) is 24.9 Å². The van der Waals surface area contributed by atoms with Gasteiger partial charge < -0.3 is 10.2 Å². The third-order valence-corrected chi connectivity index (χ3v) is 5.27. The Morgan fingerprint density at radius 2 is 2.00 bits per heavy atom. The lowest BCUT2D eigenvalue weighted by Gasteiger charge is -2.22. The molecule has 1 aliphatic heterocycles. The summed E-state index contributed by atoms with van der Waals surface area (Å²) < 4.78 is 22.9. The molecular formula is C15H24N2O2S. The molecule has 1 N–H and O–H groups in total. The first-order valence-electron chi connectivity index (χ1n) is 7.11. The molecule has 0 radical (unpaired) electrons. The zero-order valence-electron chi connectivity index (χ0n) is 12.5. The van der Waals surface area contributed by atoms with Crippen LogP contribution in [0.15, 0.2) is 29.2 Å². The number of rotatable bonds is 5. The van der Waals surface area contributed by atoms with E-state index in [-0.39, 0.29) is 6.04 Å². The predicted molar refractivity (Wildman–Crippen MR) is 81.6 cm³/mol. The minimum Gasteiger partial charge on any atom is -0.309 e. The Kier molecular flexibility index (Phi) is 4.83. The summed E-state index contributed by atoms with van der Waals surface area (Å²) in [5.41, 5.74) is 1.12. The van der Waals surface area contributed by atoms with E-state index in [9.17, 15) is 8.42 Å². The summed E-state index contributed by atoms with van der Waals surface area (Å²) in [6.07, 6.45) is 3.77. The molecule has 1 aromatic carbocycles. The van der Waals surface area contributed by atoms with Crippen LogP contribution in [0.2, 0.25) is 0 Å². The van der Waals surface area contributed by atoms with Gasteiger partial charge in [0.2, 0.25) is 0 Å². The monoisotopic (exact) mass is 296 g/mol. The molecule has 1 aromatic rings. The summed E-state index contributed by atoms with van der Waals surface area (Å²) in [4.78, 5) is 2.77. The zero-order valence-corrected chi connectivity index (χ0v) is 13.3. The van der Waals surface area contributed by atoms with E-state index in [0.717, 1.165) is 12.1 Å². The number of likely N-dealkylation sites (tertiary alicyclic amines) is 1. The molecule has 1 aliphatic rings. The van der Waals surface area contributed by atoms with Crippen molar-refractivity contribution < 1.29 is 8.42 Å². The summed E-state index contributed by atoms with van der Waals surface area (Å²) >= 11 is 0.